The summed E-state index contributed by atoms with van der Waals surface area (Å²) in [5.41, 5.74) is 4.52. The first-order valence-electron chi connectivity index (χ1n) is 9.60. The summed E-state index contributed by atoms with van der Waals surface area (Å²) >= 11 is 0. The van der Waals surface area contributed by atoms with E-state index in [0.29, 0.717) is 24.7 Å². The van der Waals surface area contributed by atoms with Crippen molar-refractivity contribution in [1.29, 1.82) is 5.41 Å². The van der Waals surface area contributed by atoms with E-state index < -0.39 is 6.17 Å². The predicted molar refractivity (Wildman–Crippen MR) is 116 cm³/mol. The number of aliphatic hydroxyl groups excluding tert-OH is 1. The van der Waals surface area contributed by atoms with E-state index in [4.69, 9.17) is 5.41 Å². The number of amidine groups is 1. The minimum Gasteiger partial charge on any atom is -0.388 e. The van der Waals surface area contributed by atoms with E-state index in [1.807, 2.05) is 6.92 Å². The summed E-state index contributed by atoms with van der Waals surface area (Å²) in [6, 6.07) is 0. The number of imidazole rings is 1. The third kappa shape index (κ3) is 6.94. The van der Waals surface area contributed by atoms with E-state index in [9.17, 15) is 9.50 Å². The molecule has 1 unspecified atom stereocenters. The maximum atomic E-state index is 13.5. The van der Waals surface area contributed by atoms with Crippen molar-refractivity contribution in [3.63, 3.8) is 0 Å². The van der Waals surface area contributed by atoms with Crippen molar-refractivity contribution in [2.75, 3.05) is 20.2 Å². The van der Waals surface area contributed by atoms with Gasteiger partial charge in [0.15, 0.2) is 11.7 Å². The molecule has 0 bridgehead atoms. The van der Waals surface area contributed by atoms with Gasteiger partial charge in [-0.1, -0.05) is 19.4 Å². The normalized spacial score (nSPS) is 15.0. The number of rotatable bonds is 8. The van der Waals surface area contributed by atoms with Crippen LogP contribution in [0.5, 0.6) is 0 Å². The SMILES string of the molecule is C=CC.CCCC1=C(Cn2ccnc2C(=N)C(C)F)N=CN(/C(CO)=N\NC)C1. The molecular weight excluding hydrogens is 373 g/mol. The molecule has 0 amide bonds. The topological polar surface area (TPSA) is 102 Å². The maximum Gasteiger partial charge on any atom is 0.157 e. The van der Waals surface area contributed by atoms with Gasteiger partial charge in [0.05, 0.1) is 18.6 Å². The molecule has 160 valence electrons. The number of alkyl halides is 1. The summed E-state index contributed by atoms with van der Waals surface area (Å²) in [6.07, 6.45) is 7.10. The second-order valence-corrected chi connectivity index (χ2v) is 6.40. The molecule has 2 rings (SSSR count). The van der Waals surface area contributed by atoms with E-state index in [1.54, 1.807) is 41.3 Å². The first-order valence-corrected chi connectivity index (χ1v) is 9.60. The van der Waals surface area contributed by atoms with E-state index in [-0.39, 0.29) is 12.3 Å². The Hall–Kier alpha value is -2.81. The average Bonchev–Trinajstić information content (AvgIpc) is 3.15. The van der Waals surface area contributed by atoms with Crippen molar-refractivity contribution >= 4 is 17.9 Å². The quantitative estimate of drug-likeness (QED) is 0.268. The minimum absolute atomic E-state index is 0.141. The summed E-state index contributed by atoms with van der Waals surface area (Å²) in [6.45, 7) is 9.47. The Labute approximate surface area is 172 Å². The van der Waals surface area contributed by atoms with Gasteiger partial charge < -0.3 is 20.0 Å². The molecule has 0 fully saturated rings. The van der Waals surface area contributed by atoms with Gasteiger partial charge >= 0.3 is 0 Å². The Balaban J connectivity index is 0.00000132. The molecule has 1 aromatic rings. The summed E-state index contributed by atoms with van der Waals surface area (Å²) in [5.74, 6) is 0.800. The molecule has 1 aliphatic rings. The Morgan fingerprint density at radius 2 is 2.24 bits per heavy atom. The van der Waals surface area contributed by atoms with Crippen molar-refractivity contribution in [1.82, 2.24) is 19.9 Å². The standard InChI is InChI=1S/C17H26FN7O.C3H6/c1-4-5-13-8-25(15(10-26)23-20-3)11-22-14(13)9-24-7-6-21-17(24)16(19)12(2)18;1-3-2/h6-7,11-12,19-20,26H,4-5,8-10H2,1-3H3;3H,1H2,2H3/b19-16?,23-15-;. The van der Waals surface area contributed by atoms with Crippen molar-refractivity contribution < 1.29 is 9.50 Å². The molecule has 1 aromatic heterocycles. The number of halogens is 1. The highest BCUT2D eigenvalue weighted by atomic mass is 19.1. The fourth-order valence-electron chi connectivity index (χ4n) is 2.74. The van der Waals surface area contributed by atoms with Crippen LogP contribution in [0, 0.1) is 5.41 Å². The number of hydrazone groups is 1. The van der Waals surface area contributed by atoms with Gasteiger partial charge in [-0.15, -0.1) is 6.58 Å². The number of aromatic nitrogens is 2. The third-order valence-corrected chi connectivity index (χ3v) is 4.06. The number of aliphatic imine (C=N–C) groups is 1. The van der Waals surface area contributed by atoms with Gasteiger partial charge in [0.1, 0.15) is 18.5 Å². The Morgan fingerprint density at radius 1 is 1.55 bits per heavy atom. The van der Waals surface area contributed by atoms with E-state index >= 15 is 0 Å². The predicted octanol–water partition coefficient (Wildman–Crippen LogP) is 2.72. The number of nitrogens with zero attached hydrogens (tertiary/aromatic N) is 5. The zero-order valence-corrected chi connectivity index (χ0v) is 17.7. The number of nitrogens with one attached hydrogen (secondary N) is 2. The smallest absolute Gasteiger partial charge is 0.157 e. The van der Waals surface area contributed by atoms with Crippen molar-refractivity contribution in [2.24, 2.45) is 10.1 Å². The van der Waals surface area contributed by atoms with E-state index in [2.05, 4.69) is 34.0 Å². The van der Waals surface area contributed by atoms with Crippen LogP contribution in [0.2, 0.25) is 0 Å². The molecule has 1 aliphatic heterocycles. The van der Waals surface area contributed by atoms with Crippen LogP contribution in [0.25, 0.3) is 0 Å². The molecule has 9 heteroatoms. The average molecular weight is 406 g/mol. The zero-order chi connectivity index (χ0) is 21.8. The lowest BCUT2D eigenvalue weighted by atomic mass is 10.1. The van der Waals surface area contributed by atoms with Crippen LogP contribution < -0.4 is 5.43 Å². The molecular formula is C20H32FN7O. The van der Waals surface area contributed by atoms with Crippen LogP contribution in [0.3, 0.4) is 0 Å². The molecule has 1 atom stereocenters. The Kier molecular flexibility index (Phi) is 10.5. The van der Waals surface area contributed by atoms with Gasteiger partial charge in [-0.25, -0.2) is 14.4 Å². The fourth-order valence-corrected chi connectivity index (χ4v) is 2.74. The highest BCUT2D eigenvalue weighted by Crippen LogP contribution is 2.20. The number of allylic oxidation sites excluding steroid dienone is 2. The molecule has 0 aromatic carbocycles. The number of aliphatic hydroxyl groups is 1. The lowest BCUT2D eigenvalue weighted by molar-refractivity contribution is 0.342. The number of hydrogen-bond acceptors (Lipinski definition) is 6. The van der Waals surface area contributed by atoms with Crippen LogP contribution in [0.4, 0.5) is 4.39 Å². The molecule has 8 nitrogen and oxygen atoms in total. The van der Waals surface area contributed by atoms with Crippen LogP contribution in [0.1, 0.15) is 39.4 Å². The molecule has 0 saturated heterocycles. The largest absolute Gasteiger partial charge is 0.388 e. The summed E-state index contributed by atoms with van der Waals surface area (Å²) < 4.78 is 15.2. The van der Waals surface area contributed by atoms with Crippen LogP contribution >= 0.6 is 0 Å². The van der Waals surface area contributed by atoms with Crippen molar-refractivity contribution in [2.45, 2.75) is 46.3 Å². The van der Waals surface area contributed by atoms with Crippen molar-refractivity contribution in [3.8, 4) is 0 Å². The van der Waals surface area contributed by atoms with Crippen LogP contribution in [-0.4, -0.2) is 63.8 Å². The first-order chi connectivity index (χ1) is 13.9. The van der Waals surface area contributed by atoms with E-state index in [1.165, 1.54) is 6.92 Å². The molecule has 0 spiro atoms. The maximum absolute atomic E-state index is 13.5. The van der Waals surface area contributed by atoms with Crippen molar-refractivity contribution in [3.05, 3.63) is 42.1 Å². The van der Waals surface area contributed by atoms with Gasteiger partial charge in [-0.3, -0.25) is 5.41 Å². The van der Waals surface area contributed by atoms with Gasteiger partial charge in [-0.2, -0.15) is 5.10 Å². The van der Waals surface area contributed by atoms with Gasteiger partial charge in [0.2, 0.25) is 0 Å². The molecule has 29 heavy (non-hydrogen) atoms. The summed E-state index contributed by atoms with van der Waals surface area (Å²) in [7, 11) is 1.67. The van der Waals surface area contributed by atoms with Crippen LogP contribution in [0.15, 0.2) is 46.4 Å². The highest BCUT2D eigenvalue weighted by Gasteiger charge is 2.21. The van der Waals surface area contributed by atoms with E-state index in [0.717, 1.165) is 24.1 Å². The molecule has 2 heterocycles. The summed E-state index contributed by atoms with van der Waals surface area (Å²) in [4.78, 5) is 10.4. The zero-order valence-electron chi connectivity index (χ0n) is 17.7. The molecule has 0 radical (unpaired) electrons. The number of hydrogen-bond donors (Lipinski definition) is 3. The van der Waals surface area contributed by atoms with Crippen LogP contribution in [-0.2, 0) is 6.54 Å². The second-order valence-electron chi connectivity index (χ2n) is 6.40. The first kappa shape index (κ1) is 24.2. The fraction of sp³-hybridized carbons (Fsp3) is 0.500. The van der Waals surface area contributed by atoms with Gasteiger partial charge in [0, 0.05) is 26.0 Å². The van der Waals surface area contributed by atoms with Gasteiger partial charge in [-0.05, 0) is 25.8 Å². The lowest BCUT2D eigenvalue weighted by Crippen LogP contribution is -2.37. The Morgan fingerprint density at radius 3 is 2.79 bits per heavy atom. The third-order valence-electron chi connectivity index (χ3n) is 4.06. The monoisotopic (exact) mass is 405 g/mol. The Bertz CT molecular complexity index is 765. The minimum atomic E-state index is -1.38. The van der Waals surface area contributed by atoms with Gasteiger partial charge in [0.25, 0.3) is 0 Å². The molecule has 0 aliphatic carbocycles. The summed E-state index contributed by atoms with van der Waals surface area (Å²) in [5, 5.41) is 21.4. The lowest BCUT2D eigenvalue weighted by Gasteiger charge is -2.27. The molecule has 0 saturated carbocycles. The molecule has 3 N–H and O–H groups in total. The highest BCUT2D eigenvalue weighted by molar-refractivity contribution is 5.98. The second kappa shape index (κ2) is 12.6.